The first-order chi connectivity index (χ1) is 10.5. The number of nitro benzene ring substituents is 1. The Kier molecular flexibility index (Phi) is 4.58. The van der Waals surface area contributed by atoms with Gasteiger partial charge in [-0.3, -0.25) is 19.7 Å². The van der Waals surface area contributed by atoms with E-state index in [0.29, 0.717) is 5.56 Å². The van der Waals surface area contributed by atoms with Gasteiger partial charge in [-0.1, -0.05) is 42.5 Å². The molecule has 0 spiro atoms. The summed E-state index contributed by atoms with van der Waals surface area (Å²) in [5.74, 6) is -0.891. The standard InChI is InChI=1S/C17H13NO4/c1-12(19)15(17(20)13-7-3-2-4-8-13)11-14-9-5-6-10-16(14)18(21)22/h2-11H,1H3. The van der Waals surface area contributed by atoms with Crippen molar-refractivity contribution in [3.8, 4) is 0 Å². The Morgan fingerprint density at radius 1 is 1.00 bits per heavy atom. The van der Waals surface area contributed by atoms with Crippen molar-refractivity contribution in [1.29, 1.82) is 0 Å². The molecule has 0 heterocycles. The van der Waals surface area contributed by atoms with Crippen LogP contribution < -0.4 is 0 Å². The van der Waals surface area contributed by atoms with Crippen LogP contribution in [0, 0.1) is 10.1 Å². The third-order valence-corrected chi connectivity index (χ3v) is 3.09. The molecule has 0 saturated heterocycles. The molecular formula is C17H13NO4. The van der Waals surface area contributed by atoms with E-state index in [0.717, 1.165) is 0 Å². The first-order valence-electron chi connectivity index (χ1n) is 6.56. The lowest BCUT2D eigenvalue weighted by molar-refractivity contribution is -0.385. The largest absolute Gasteiger partial charge is 0.294 e. The van der Waals surface area contributed by atoms with Crippen LogP contribution in [0.2, 0.25) is 0 Å². The van der Waals surface area contributed by atoms with Crippen molar-refractivity contribution in [2.45, 2.75) is 6.92 Å². The van der Waals surface area contributed by atoms with Gasteiger partial charge in [-0.2, -0.15) is 0 Å². The van der Waals surface area contributed by atoms with Gasteiger partial charge in [-0.05, 0) is 19.1 Å². The van der Waals surface area contributed by atoms with Gasteiger partial charge in [-0.25, -0.2) is 0 Å². The molecule has 0 N–H and O–H groups in total. The monoisotopic (exact) mass is 295 g/mol. The SMILES string of the molecule is CC(=O)C(=Cc1ccccc1[N+](=O)[O-])C(=O)c1ccccc1. The van der Waals surface area contributed by atoms with Crippen LogP contribution in [-0.2, 0) is 4.79 Å². The molecule has 0 saturated carbocycles. The number of carbonyl (C=O) groups excluding carboxylic acids is 2. The Hall–Kier alpha value is -3.08. The fraction of sp³-hybridized carbons (Fsp3) is 0.0588. The van der Waals surface area contributed by atoms with Gasteiger partial charge in [0.1, 0.15) is 0 Å². The molecule has 0 radical (unpaired) electrons. The average molecular weight is 295 g/mol. The fourth-order valence-electron chi connectivity index (χ4n) is 2.00. The minimum Gasteiger partial charge on any atom is -0.294 e. The van der Waals surface area contributed by atoms with E-state index in [-0.39, 0.29) is 16.8 Å². The topological polar surface area (TPSA) is 77.3 Å². The van der Waals surface area contributed by atoms with Crippen LogP contribution in [0.3, 0.4) is 0 Å². The highest BCUT2D eigenvalue weighted by atomic mass is 16.6. The second kappa shape index (κ2) is 6.58. The van der Waals surface area contributed by atoms with Crippen molar-refractivity contribution < 1.29 is 14.5 Å². The lowest BCUT2D eigenvalue weighted by atomic mass is 9.98. The lowest BCUT2D eigenvalue weighted by Gasteiger charge is -2.04. The number of nitro groups is 1. The van der Waals surface area contributed by atoms with Crippen LogP contribution in [0.4, 0.5) is 5.69 Å². The Bertz CT molecular complexity index is 763. The Morgan fingerprint density at radius 3 is 2.18 bits per heavy atom. The second-order valence-corrected chi connectivity index (χ2v) is 4.63. The molecule has 0 fully saturated rings. The molecule has 0 unspecified atom stereocenters. The lowest BCUT2D eigenvalue weighted by Crippen LogP contribution is -2.10. The molecule has 2 aromatic rings. The van der Waals surface area contributed by atoms with Crippen molar-refractivity contribution >= 4 is 23.3 Å². The minimum absolute atomic E-state index is 0.0829. The van der Waals surface area contributed by atoms with E-state index < -0.39 is 16.5 Å². The summed E-state index contributed by atoms with van der Waals surface area (Å²) < 4.78 is 0. The van der Waals surface area contributed by atoms with E-state index in [2.05, 4.69) is 0 Å². The van der Waals surface area contributed by atoms with Crippen LogP contribution in [0.1, 0.15) is 22.8 Å². The number of allylic oxidation sites excluding steroid dienone is 1. The zero-order valence-electron chi connectivity index (χ0n) is 11.9. The number of ketones is 2. The highest BCUT2D eigenvalue weighted by molar-refractivity contribution is 6.28. The number of para-hydroxylation sites is 1. The highest BCUT2D eigenvalue weighted by Gasteiger charge is 2.19. The molecule has 0 aliphatic heterocycles. The normalized spacial score (nSPS) is 11.0. The van der Waals surface area contributed by atoms with E-state index in [9.17, 15) is 19.7 Å². The summed E-state index contributed by atoms with van der Waals surface area (Å²) >= 11 is 0. The van der Waals surface area contributed by atoms with Crippen LogP contribution in [0.5, 0.6) is 0 Å². The second-order valence-electron chi connectivity index (χ2n) is 4.63. The maximum Gasteiger partial charge on any atom is 0.276 e. The maximum atomic E-state index is 12.4. The van der Waals surface area contributed by atoms with E-state index in [4.69, 9.17) is 0 Å². The average Bonchev–Trinajstić information content (AvgIpc) is 2.52. The van der Waals surface area contributed by atoms with Crippen LogP contribution in [-0.4, -0.2) is 16.5 Å². The predicted octanol–water partition coefficient (Wildman–Crippen LogP) is 3.45. The zero-order valence-corrected chi connectivity index (χ0v) is 11.9. The van der Waals surface area contributed by atoms with Crippen molar-refractivity contribution in [2.75, 3.05) is 0 Å². The Balaban J connectivity index is 2.52. The Morgan fingerprint density at radius 2 is 1.59 bits per heavy atom. The van der Waals surface area contributed by atoms with Gasteiger partial charge in [0.15, 0.2) is 11.6 Å². The Labute approximate surface area is 127 Å². The number of rotatable bonds is 5. The minimum atomic E-state index is -0.545. The van der Waals surface area contributed by atoms with E-state index in [1.165, 1.54) is 31.2 Å². The summed E-state index contributed by atoms with van der Waals surface area (Å²) in [6, 6.07) is 14.3. The van der Waals surface area contributed by atoms with Gasteiger partial charge < -0.3 is 0 Å². The summed E-state index contributed by atoms with van der Waals surface area (Å²) in [7, 11) is 0. The third-order valence-electron chi connectivity index (χ3n) is 3.09. The number of carbonyl (C=O) groups is 2. The van der Waals surface area contributed by atoms with Crippen LogP contribution in [0.25, 0.3) is 6.08 Å². The predicted molar refractivity (Wildman–Crippen MR) is 82.5 cm³/mol. The summed E-state index contributed by atoms with van der Waals surface area (Å²) in [4.78, 5) is 34.7. The number of hydrogen-bond acceptors (Lipinski definition) is 4. The van der Waals surface area contributed by atoms with Gasteiger partial charge >= 0.3 is 0 Å². The van der Waals surface area contributed by atoms with Gasteiger partial charge in [0, 0.05) is 11.6 Å². The van der Waals surface area contributed by atoms with Gasteiger partial charge in [0.2, 0.25) is 0 Å². The van der Waals surface area contributed by atoms with Crippen molar-refractivity contribution in [3.63, 3.8) is 0 Å². The molecule has 0 atom stereocenters. The zero-order chi connectivity index (χ0) is 16.1. The molecular weight excluding hydrogens is 282 g/mol. The van der Waals surface area contributed by atoms with Crippen LogP contribution >= 0.6 is 0 Å². The molecule has 0 bridgehead atoms. The number of Topliss-reactive ketones (excluding diaryl/α,β-unsaturated/α-hetero) is 2. The van der Waals surface area contributed by atoms with Gasteiger partial charge in [-0.15, -0.1) is 0 Å². The smallest absolute Gasteiger partial charge is 0.276 e. The number of benzene rings is 2. The van der Waals surface area contributed by atoms with Gasteiger partial charge in [0.25, 0.3) is 5.69 Å². The molecule has 5 nitrogen and oxygen atoms in total. The first kappa shape index (κ1) is 15.3. The first-order valence-corrected chi connectivity index (χ1v) is 6.56. The summed E-state index contributed by atoms with van der Waals surface area (Å²) in [6.45, 7) is 1.27. The molecule has 22 heavy (non-hydrogen) atoms. The highest BCUT2D eigenvalue weighted by Crippen LogP contribution is 2.22. The van der Waals surface area contributed by atoms with Crippen molar-refractivity contribution in [3.05, 3.63) is 81.4 Å². The molecule has 5 heteroatoms. The number of nitrogens with zero attached hydrogens (tertiary/aromatic N) is 1. The van der Waals surface area contributed by atoms with E-state index in [1.807, 2.05) is 0 Å². The molecule has 2 rings (SSSR count). The molecule has 0 amide bonds. The molecule has 0 aliphatic rings. The molecule has 110 valence electrons. The van der Waals surface area contributed by atoms with Crippen LogP contribution in [0.15, 0.2) is 60.2 Å². The van der Waals surface area contributed by atoms with Crippen molar-refractivity contribution in [1.82, 2.24) is 0 Å². The number of hydrogen-bond donors (Lipinski definition) is 0. The summed E-state index contributed by atoms with van der Waals surface area (Å²) in [5.41, 5.74) is 0.354. The maximum absolute atomic E-state index is 12.4. The fourth-order valence-corrected chi connectivity index (χ4v) is 2.00. The summed E-state index contributed by atoms with van der Waals surface area (Å²) in [5, 5.41) is 11.0. The third kappa shape index (κ3) is 3.32. The molecule has 2 aromatic carbocycles. The van der Waals surface area contributed by atoms with Gasteiger partial charge in [0.05, 0.1) is 16.1 Å². The summed E-state index contributed by atoms with van der Waals surface area (Å²) in [6.07, 6.45) is 1.27. The van der Waals surface area contributed by atoms with Crippen molar-refractivity contribution in [2.24, 2.45) is 0 Å². The van der Waals surface area contributed by atoms with E-state index >= 15 is 0 Å². The quantitative estimate of drug-likeness (QED) is 0.211. The molecule has 0 aliphatic carbocycles. The van der Waals surface area contributed by atoms with E-state index in [1.54, 1.807) is 36.4 Å². The molecule has 0 aromatic heterocycles.